The molecule has 2 aromatic rings. The lowest BCUT2D eigenvalue weighted by Crippen LogP contribution is -2.22. The monoisotopic (exact) mass is 280 g/mol. The molecule has 1 aliphatic heterocycles. The van der Waals surface area contributed by atoms with Gasteiger partial charge in [0.25, 0.3) is 0 Å². The minimum absolute atomic E-state index is 0.552. The van der Waals surface area contributed by atoms with E-state index in [0.717, 1.165) is 42.1 Å². The molecule has 4 heteroatoms. The van der Waals surface area contributed by atoms with E-state index in [4.69, 9.17) is 10.7 Å². The summed E-state index contributed by atoms with van der Waals surface area (Å²) in [6.07, 6.45) is 4.13. The molecular formula is C17H20N4. The summed E-state index contributed by atoms with van der Waals surface area (Å²) < 4.78 is 0. The van der Waals surface area contributed by atoms with E-state index < -0.39 is 0 Å². The van der Waals surface area contributed by atoms with Crippen LogP contribution in [0.5, 0.6) is 0 Å². The normalized spacial score (nSPS) is 24.3. The first-order chi connectivity index (χ1) is 10.3. The molecule has 1 saturated carbocycles. The van der Waals surface area contributed by atoms with E-state index in [1.54, 1.807) is 0 Å². The van der Waals surface area contributed by atoms with Crippen LogP contribution in [0.4, 0.5) is 11.6 Å². The lowest BCUT2D eigenvalue weighted by atomic mass is 10.0. The van der Waals surface area contributed by atoms with Gasteiger partial charge in [0.1, 0.15) is 11.6 Å². The van der Waals surface area contributed by atoms with Gasteiger partial charge >= 0.3 is 0 Å². The molecule has 0 bridgehead atoms. The molecule has 2 N–H and O–H groups in total. The van der Waals surface area contributed by atoms with Gasteiger partial charge in [0.15, 0.2) is 5.82 Å². The van der Waals surface area contributed by atoms with Gasteiger partial charge in [0, 0.05) is 24.7 Å². The third-order valence-electron chi connectivity index (χ3n) is 4.81. The second kappa shape index (κ2) is 5.02. The Morgan fingerprint density at radius 3 is 2.43 bits per heavy atom. The van der Waals surface area contributed by atoms with Gasteiger partial charge in [-0.05, 0) is 24.7 Å². The van der Waals surface area contributed by atoms with Crippen molar-refractivity contribution in [2.75, 3.05) is 23.7 Å². The Kier molecular flexibility index (Phi) is 3.02. The Labute approximate surface area is 125 Å². The molecule has 0 spiro atoms. The fourth-order valence-corrected chi connectivity index (χ4v) is 3.75. The zero-order chi connectivity index (χ0) is 14.2. The Balaban J connectivity index is 1.66. The number of anilines is 2. The second-order valence-corrected chi connectivity index (χ2v) is 6.20. The van der Waals surface area contributed by atoms with Crippen molar-refractivity contribution < 1.29 is 0 Å². The Hall–Kier alpha value is -2.10. The molecule has 1 saturated heterocycles. The number of nitrogen functional groups attached to an aromatic ring is 1. The molecule has 4 nitrogen and oxygen atoms in total. The van der Waals surface area contributed by atoms with Crippen LogP contribution in [0.1, 0.15) is 19.3 Å². The first kappa shape index (κ1) is 12.6. The van der Waals surface area contributed by atoms with Gasteiger partial charge in [0.2, 0.25) is 0 Å². The first-order valence-corrected chi connectivity index (χ1v) is 7.74. The summed E-state index contributed by atoms with van der Waals surface area (Å²) in [5.41, 5.74) is 7.02. The van der Waals surface area contributed by atoms with Gasteiger partial charge in [-0.1, -0.05) is 36.8 Å². The second-order valence-electron chi connectivity index (χ2n) is 6.20. The number of benzene rings is 1. The number of hydrogen-bond acceptors (Lipinski definition) is 4. The summed E-state index contributed by atoms with van der Waals surface area (Å²) >= 11 is 0. The lowest BCUT2D eigenvalue weighted by molar-refractivity contribution is 0.494. The Morgan fingerprint density at radius 2 is 1.71 bits per heavy atom. The molecule has 21 heavy (non-hydrogen) atoms. The predicted molar refractivity (Wildman–Crippen MR) is 84.9 cm³/mol. The minimum atomic E-state index is 0.552. The van der Waals surface area contributed by atoms with Crippen molar-refractivity contribution in [2.24, 2.45) is 11.8 Å². The number of aromatic nitrogens is 2. The van der Waals surface area contributed by atoms with E-state index in [1.165, 1.54) is 19.3 Å². The van der Waals surface area contributed by atoms with Crippen molar-refractivity contribution in [3.63, 3.8) is 0 Å². The summed E-state index contributed by atoms with van der Waals surface area (Å²) in [4.78, 5) is 11.5. The molecule has 2 unspecified atom stereocenters. The highest BCUT2D eigenvalue weighted by Crippen LogP contribution is 2.39. The fraction of sp³-hybridized carbons (Fsp3) is 0.412. The van der Waals surface area contributed by atoms with E-state index in [2.05, 4.69) is 9.88 Å². The number of nitrogens with zero attached hydrogens (tertiary/aromatic N) is 3. The van der Waals surface area contributed by atoms with Crippen molar-refractivity contribution >= 4 is 11.6 Å². The van der Waals surface area contributed by atoms with Crippen LogP contribution >= 0.6 is 0 Å². The van der Waals surface area contributed by atoms with Crippen LogP contribution in [0, 0.1) is 11.8 Å². The molecule has 1 aromatic carbocycles. The first-order valence-electron chi connectivity index (χ1n) is 7.74. The fourth-order valence-electron chi connectivity index (χ4n) is 3.75. The average Bonchev–Trinajstić information content (AvgIpc) is 3.09. The highest BCUT2D eigenvalue weighted by Gasteiger charge is 2.36. The van der Waals surface area contributed by atoms with Gasteiger partial charge in [-0.2, -0.15) is 0 Å². The largest absolute Gasteiger partial charge is 0.384 e. The highest BCUT2D eigenvalue weighted by molar-refractivity contribution is 5.61. The number of fused-ring (bicyclic) bond motifs is 1. The predicted octanol–water partition coefficient (Wildman–Crippen LogP) is 2.96. The molecular weight excluding hydrogens is 260 g/mol. The maximum absolute atomic E-state index is 6.00. The summed E-state index contributed by atoms with van der Waals surface area (Å²) in [5.74, 6) is 3.96. The maximum atomic E-state index is 6.00. The lowest BCUT2D eigenvalue weighted by Gasteiger charge is -2.19. The van der Waals surface area contributed by atoms with Gasteiger partial charge in [-0.15, -0.1) is 0 Å². The minimum Gasteiger partial charge on any atom is -0.384 e. The molecule has 2 fully saturated rings. The summed E-state index contributed by atoms with van der Waals surface area (Å²) in [7, 11) is 0. The molecule has 0 amide bonds. The molecule has 108 valence electrons. The van der Waals surface area contributed by atoms with Crippen LogP contribution in [-0.2, 0) is 0 Å². The van der Waals surface area contributed by atoms with Crippen LogP contribution in [-0.4, -0.2) is 23.1 Å². The number of hydrogen-bond donors (Lipinski definition) is 1. The summed E-state index contributed by atoms with van der Waals surface area (Å²) in [6, 6.07) is 12.0. The van der Waals surface area contributed by atoms with Crippen molar-refractivity contribution in [1.82, 2.24) is 9.97 Å². The van der Waals surface area contributed by atoms with Crippen molar-refractivity contribution in [3.8, 4) is 11.4 Å². The molecule has 2 aliphatic rings. The van der Waals surface area contributed by atoms with E-state index in [1.807, 2.05) is 36.4 Å². The van der Waals surface area contributed by atoms with Crippen molar-refractivity contribution in [2.45, 2.75) is 19.3 Å². The van der Waals surface area contributed by atoms with Gasteiger partial charge < -0.3 is 10.6 Å². The van der Waals surface area contributed by atoms with Crippen LogP contribution in [0.15, 0.2) is 36.4 Å². The van der Waals surface area contributed by atoms with E-state index in [-0.39, 0.29) is 0 Å². The van der Waals surface area contributed by atoms with E-state index in [0.29, 0.717) is 5.82 Å². The van der Waals surface area contributed by atoms with Crippen LogP contribution < -0.4 is 10.6 Å². The van der Waals surface area contributed by atoms with Crippen molar-refractivity contribution in [3.05, 3.63) is 36.4 Å². The SMILES string of the molecule is Nc1cc(N2CC3CCCC3C2)nc(-c2ccccc2)n1. The Morgan fingerprint density at radius 1 is 1.00 bits per heavy atom. The third kappa shape index (κ3) is 2.35. The standard InChI is InChI=1S/C17H20N4/c18-15-9-16(21-10-13-7-4-8-14(13)11-21)20-17(19-15)12-5-2-1-3-6-12/h1-3,5-6,9,13-14H,4,7-8,10-11H2,(H2,18,19,20). The zero-order valence-electron chi connectivity index (χ0n) is 12.1. The zero-order valence-corrected chi connectivity index (χ0v) is 12.1. The smallest absolute Gasteiger partial charge is 0.163 e. The molecule has 4 rings (SSSR count). The van der Waals surface area contributed by atoms with Gasteiger partial charge in [-0.3, -0.25) is 0 Å². The van der Waals surface area contributed by atoms with Gasteiger partial charge in [0.05, 0.1) is 0 Å². The Bertz CT molecular complexity index is 628. The summed E-state index contributed by atoms with van der Waals surface area (Å²) in [5, 5.41) is 0. The maximum Gasteiger partial charge on any atom is 0.163 e. The highest BCUT2D eigenvalue weighted by atomic mass is 15.2. The quantitative estimate of drug-likeness (QED) is 0.919. The molecule has 2 heterocycles. The number of rotatable bonds is 2. The van der Waals surface area contributed by atoms with Crippen LogP contribution in [0.2, 0.25) is 0 Å². The van der Waals surface area contributed by atoms with E-state index in [9.17, 15) is 0 Å². The molecule has 0 radical (unpaired) electrons. The average molecular weight is 280 g/mol. The van der Waals surface area contributed by atoms with E-state index >= 15 is 0 Å². The molecule has 1 aromatic heterocycles. The van der Waals surface area contributed by atoms with Gasteiger partial charge in [-0.25, -0.2) is 9.97 Å². The third-order valence-corrected chi connectivity index (χ3v) is 4.81. The molecule has 2 atom stereocenters. The topological polar surface area (TPSA) is 55.0 Å². The van der Waals surface area contributed by atoms with Crippen LogP contribution in [0.3, 0.4) is 0 Å². The van der Waals surface area contributed by atoms with Crippen molar-refractivity contribution in [1.29, 1.82) is 0 Å². The molecule has 1 aliphatic carbocycles. The number of nitrogens with two attached hydrogens (primary N) is 1. The van der Waals surface area contributed by atoms with Crippen LogP contribution in [0.25, 0.3) is 11.4 Å². The summed E-state index contributed by atoms with van der Waals surface area (Å²) in [6.45, 7) is 2.24.